The van der Waals surface area contributed by atoms with Crippen molar-refractivity contribution in [1.82, 2.24) is 20.1 Å². The van der Waals surface area contributed by atoms with Crippen molar-refractivity contribution in [2.24, 2.45) is 0 Å². The molecule has 1 N–H and O–H groups in total. The third-order valence-electron chi connectivity index (χ3n) is 4.10. The molecule has 6 heteroatoms. The van der Waals surface area contributed by atoms with Crippen LogP contribution in [-0.4, -0.2) is 60.0 Å². The standard InChI is InChI=1S/C17H28N4O.ClH/c1-3-9-20(10-4-2)17(22)14-21-11-8-19-13-16(21)15-6-5-7-18-12-15;/h5-7,12,16,19H,3-4,8-11,13-14H2,1-2H3;1H. The molecule has 1 aliphatic heterocycles. The maximum absolute atomic E-state index is 12.6. The number of amides is 1. The molecule has 1 atom stereocenters. The van der Waals surface area contributed by atoms with Gasteiger partial charge >= 0.3 is 0 Å². The highest BCUT2D eigenvalue weighted by Crippen LogP contribution is 2.21. The summed E-state index contributed by atoms with van der Waals surface area (Å²) in [4.78, 5) is 21.1. The zero-order chi connectivity index (χ0) is 15.8. The Hall–Kier alpha value is -1.17. The summed E-state index contributed by atoms with van der Waals surface area (Å²) >= 11 is 0. The SMILES string of the molecule is CCCN(CCC)C(=O)CN1CCNCC1c1cccnc1.Cl. The second kappa shape index (κ2) is 10.6. The number of pyridine rings is 1. The zero-order valence-corrected chi connectivity index (χ0v) is 15.0. The minimum absolute atomic E-state index is 0. The molecule has 1 fully saturated rings. The molecule has 1 aromatic heterocycles. The summed E-state index contributed by atoms with van der Waals surface area (Å²) in [6.45, 7) is 9.18. The molecule has 0 radical (unpaired) electrons. The monoisotopic (exact) mass is 340 g/mol. The van der Waals surface area contributed by atoms with Crippen LogP contribution in [0.5, 0.6) is 0 Å². The third kappa shape index (κ3) is 5.75. The third-order valence-corrected chi connectivity index (χ3v) is 4.10. The molecule has 1 aromatic rings. The van der Waals surface area contributed by atoms with Crippen molar-refractivity contribution < 1.29 is 4.79 Å². The van der Waals surface area contributed by atoms with E-state index in [1.165, 1.54) is 5.56 Å². The molecule has 1 saturated heterocycles. The van der Waals surface area contributed by atoms with Crippen LogP contribution in [0.3, 0.4) is 0 Å². The lowest BCUT2D eigenvalue weighted by atomic mass is 10.1. The van der Waals surface area contributed by atoms with Crippen molar-refractivity contribution in [2.75, 3.05) is 39.3 Å². The molecule has 23 heavy (non-hydrogen) atoms. The predicted octanol–water partition coefficient (Wildman–Crippen LogP) is 2.10. The molecule has 2 rings (SSSR count). The van der Waals surface area contributed by atoms with Gasteiger partial charge in [0.1, 0.15) is 0 Å². The lowest BCUT2D eigenvalue weighted by molar-refractivity contribution is -0.133. The van der Waals surface area contributed by atoms with Gasteiger partial charge in [0.15, 0.2) is 0 Å². The smallest absolute Gasteiger partial charge is 0.236 e. The molecule has 0 saturated carbocycles. The van der Waals surface area contributed by atoms with E-state index in [0.29, 0.717) is 6.54 Å². The number of carbonyl (C=O) groups is 1. The van der Waals surface area contributed by atoms with Crippen molar-refractivity contribution in [3.05, 3.63) is 30.1 Å². The fourth-order valence-corrected chi connectivity index (χ4v) is 3.01. The number of piperazine rings is 1. The summed E-state index contributed by atoms with van der Waals surface area (Å²) in [6, 6.07) is 4.29. The number of nitrogens with one attached hydrogen (secondary N) is 1. The summed E-state index contributed by atoms with van der Waals surface area (Å²) in [5, 5.41) is 3.42. The van der Waals surface area contributed by atoms with E-state index in [1.807, 2.05) is 17.2 Å². The number of rotatable bonds is 7. The van der Waals surface area contributed by atoms with Crippen molar-refractivity contribution >= 4 is 18.3 Å². The number of hydrogen-bond donors (Lipinski definition) is 1. The Morgan fingerprint density at radius 1 is 1.39 bits per heavy atom. The van der Waals surface area contributed by atoms with Gasteiger partial charge in [-0.05, 0) is 24.5 Å². The van der Waals surface area contributed by atoms with Crippen molar-refractivity contribution in [2.45, 2.75) is 32.7 Å². The quantitative estimate of drug-likeness (QED) is 0.825. The minimum Gasteiger partial charge on any atom is -0.342 e. The molecule has 0 aliphatic carbocycles. The minimum atomic E-state index is 0. The maximum atomic E-state index is 12.6. The van der Waals surface area contributed by atoms with Crippen LogP contribution in [0, 0.1) is 0 Å². The molecule has 1 amide bonds. The van der Waals surface area contributed by atoms with E-state index in [-0.39, 0.29) is 24.4 Å². The van der Waals surface area contributed by atoms with Gasteiger partial charge < -0.3 is 10.2 Å². The van der Waals surface area contributed by atoms with Crippen LogP contribution in [0.1, 0.15) is 38.3 Å². The van der Waals surface area contributed by atoms with Crippen LogP contribution >= 0.6 is 12.4 Å². The van der Waals surface area contributed by atoms with Gasteiger partial charge in [-0.3, -0.25) is 14.7 Å². The van der Waals surface area contributed by atoms with Gasteiger partial charge in [0.2, 0.25) is 5.91 Å². The average molecular weight is 341 g/mol. The topological polar surface area (TPSA) is 48.5 Å². The van der Waals surface area contributed by atoms with E-state index < -0.39 is 0 Å². The van der Waals surface area contributed by atoms with Crippen LogP contribution in [0.15, 0.2) is 24.5 Å². The Balaban J connectivity index is 0.00000264. The van der Waals surface area contributed by atoms with Crippen LogP contribution < -0.4 is 5.32 Å². The van der Waals surface area contributed by atoms with Crippen molar-refractivity contribution in [3.8, 4) is 0 Å². The first-order chi connectivity index (χ1) is 10.8. The number of hydrogen-bond acceptors (Lipinski definition) is 4. The fraction of sp³-hybridized carbons (Fsp3) is 0.647. The van der Waals surface area contributed by atoms with Crippen LogP contribution in [0.25, 0.3) is 0 Å². The first-order valence-corrected chi connectivity index (χ1v) is 8.38. The van der Waals surface area contributed by atoms with Crippen molar-refractivity contribution in [3.63, 3.8) is 0 Å². The summed E-state index contributed by atoms with van der Waals surface area (Å²) in [5.41, 5.74) is 1.18. The average Bonchev–Trinajstić information content (AvgIpc) is 2.56. The van der Waals surface area contributed by atoms with Gasteiger partial charge in [-0.1, -0.05) is 19.9 Å². The number of halogens is 1. The van der Waals surface area contributed by atoms with Gasteiger partial charge in [0.05, 0.1) is 6.54 Å². The molecule has 1 unspecified atom stereocenters. The molecule has 0 bridgehead atoms. The summed E-state index contributed by atoms with van der Waals surface area (Å²) < 4.78 is 0. The van der Waals surface area contributed by atoms with Gasteiger partial charge in [-0.25, -0.2) is 0 Å². The second-order valence-corrected chi connectivity index (χ2v) is 5.86. The van der Waals surface area contributed by atoms with Gasteiger partial charge in [-0.2, -0.15) is 0 Å². The lowest BCUT2D eigenvalue weighted by Crippen LogP contribution is -2.50. The molecule has 0 aromatic carbocycles. The molecule has 130 valence electrons. The largest absolute Gasteiger partial charge is 0.342 e. The van der Waals surface area contributed by atoms with E-state index in [9.17, 15) is 4.79 Å². The normalized spacial score (nSPS) is 18.3. The summed E-state index contributed by atoms with van der Waals surface area (Å²) in [7, 11) is 0. The molecule has 0 spiro atoms. The van der Waals surface area contributed by atoms with E-state index in [2.05, 4.69) is 35.1 Å². The first kappa shape index (κ1) is 19.9. The Kier molecular flexibility index (Phi) is 9.14. The van der Waals surface area contributed by atoms with Crippen LogP contribution in [0.4, 0.5) is 0 Å². The maximum Gasteiger partial charge on any atom is 0.236 e. The Morgan fingerprint density at radius 2 is 2.13 bits per heavy atom. The molecule has 5 nitrogen and oxygen atoms in total. The number of carbonyl (C=O) groups excluding carboxylic acids is 1. The van der Waals surface area contributed by atoms with Gasteiger partial charge in [0.25, 0.3) is 0 Å². The predicted molar refractivity (Wildman–Crippen MR) is 95.8 cm³/mol. The second-order valence-electron chi connectivity index (χ2n) is 5.86. The zero-order valence-electron chi connectivity index (χ0n) is 14.2. The molecular weight excluding hydrogens is 312 g/mol. The van der Waals surface area contributed by atoms with Gasteiger partial charge in [0, 0.05) is 51.2 Å². The Bertz CT molecular complexity index is 451. The van der Waals surface area contributed by atoms with E-state index >= 15 is 0 Å². The first-order valence-electron chi connectivity index (χ1n) is 8.38. The van der Waals surface area contributed by atoms with E-state index in [4.69, 9.17) is 0 Å². The highest BCUT2D eigenvalue weighted by Gasteiger charge is 2.26. The number of nitrogens with zero attached hydrogens (tertiary/aromatic N) is 3. The lowest BCUT2D eigenvalue weighted by Gasteiger charge is -2.37. The van der Waals surface area contributed by atoms with Gasteiger partial charge in [-0.15, -0.1) is 12.4 Å². The van der Waals surface area contributed by atoms with Crippen LogP contribution in [0.2, 0.25) is 0 Å². The van der Waals surface area contributed by atoms with Crippen molar-refractivity contribution in [1.29, 1.82) is 0 Å². The Labute approximate surface area is 145 Å². The summed E-state index contributed by atoms with van der Waals surface area (Å²) in [5.74, 6) is 0.250. The molecular formula is C17H29ClN4O. The Morgan fingerprint density at radius 3 is 2.74 bits per heavy atom. The van der Waals surface area contributed by atoms with E-state index in [0.717, 1.165) is 45.6 Å². The number of aromatic nitrogens is 1. The van der Waals surface area contributed by atoms with Crippen LogP contribution in [-0.2, 0) is 4.79 Å². The van der Waals surface area contributed by atoms with E-state index in [1.54, 1.807) is 6.20 Å². The fourth-order valence-electron chi connectivity index (χ4n) is 3.01. The summed E-state index contributed by atoms with van der Waals surface area (Å²) in [6.07, 6.45) is 5.73. The highest BCUT2D eigenvalue weighted by atomic mass is 35.5. The molecule has 1 aliphatic rings. The highest BCUT2D eigenvalue weighted by molar-refractivity contribution is 5.85. The molecule has 2 heterocycles.